The van der Waals surface area contributed by atoms with Crippen LogP contribution in [0.4, 0.5) is 0 Å². The van der Waals surface area contributed by atoms with Gasteiger partial charge in [0.1, 0.15) is 11.6 Å². The van der Waals surface area contributed by atoms with Crippen LogP contribution in [-0.4, -0.2) is 24.7 Å². The molecule has 0 fully saturated rings. The van der Waals surface area contributed by atoms with Gasteiger partial charge < -0.3 is 5.32 Å². The maximum absolute atomic E-state index is 12.9. The number of hydrogen-bond donors (Lipinski definition) is 1. The van der Waals surface area contributed by atoms with Crippen LogP contribution in [0.15, 0.2) is 0 Å². The Kier molecular flexibility index (Phi) is 26.3. The zero-order chi connectivity index (χ0) is 25.1. The van der Waals surface area contributed by atoms with Crippen molar-refractivity contribution in [2.45, 2.75) is 168 Å². The second kappa shape index (κ2) is 26.9. The fourth-order valence-corrected chi connectivity index (χ4v) is 4.74. The number of ketones is 2. The van der Waals surface area contributed by atoms with Crippen LogP contribution in [-0.2, 0) is 9.59 Å². The summed E-state index contributed by atoms with van der Waals surface area (Å²) in [5.74, 6) is 0.0551. The number of Topliss-reactive ketones (excluding diaryl/α,β-unsaturated/α-hetero) is 2. The molecule has 0 aromatic carbocycles. The van der Waals surface area contributed by atoms with E-state index < -0.39 is 0 Å². The standard InChI is InChI=1S/C31H61NO2/c1-4-7-10-12-14-16-18-20-22-24-30(33)29(26-28-32-27-9-6-3)31(34)25-23-21-19-17-15-13-11-8-5-2/h29,32H,4-28H2,1-3H3. The smallest absolute Gasteiger partial charge is 0.143 e. The lowest BCUT2D eigenvalue weighted by molar-refractivity contribution is -0.133. The quantitative estimate of drug-likeness (QED) is 0.0897. The van der Waals surface area contributed by atoms with Gasteiger partial charge in [-0.2, -0.15) is 0 Å². The summed E-state index contributed by atoms with van der Waals surface area (Å²) < 4.78 is 0. The van der Waals surface area contributed by atoms with Gasteiger partial charge in [-0.25, -0.2) is 0 Å². The van der Waals surface area contributed by atoms with Gasteiger partial charge >= 0.3 is 0 Å². The van der Waals surface area contributed by atoms with Gasteiger partial charge in [0.25, 0.3) is 0 Å². The Morgan fingerprint density at radius 1 is 0.471 bits per heavy atom. The van der Waals surface area contributed by atoms with Gasteiger partial charge in [0.15, 0.2) is 0 Å². The minimum absolute atomic E-state index is 0.209. The molecule has 0 bridgehead atoms. The van der Waals surface area contributed by atoms with E-state index in [-0.39, 0.29) is 17.5 Å². The number of carbonyl (C=O) groups excluding carboxylic acids is 2. The fourth-order valence-electron chi connectivity index (χ4n) is 4.74. The molecular formula is C31H61NO2. The number of rotatable bonds is 28. The fraction of sp³-hybridized carbons (Fsp3) is 0.935. The monoisotopic (exact) mass is 479 g/mol. The third-order valence-corrected chi connectivity index (χ3v) is 7.15. The topological polar surface area (TPSA) is 46.2 Å². The minimum atomic E-state index is -0.364. The van der Waals surface area contributed by atoms with Gasteiger partial charge in [-0.1, -0.05) is 130 Å². The third-order valence-electron chi connectivity index (χ3n) is 7.15. The summed E-state index contributed by atoms with van der Waals surface area (Å²) in [6.45, 7) is 8.48. The molecule has 0 rings (SSSR count). The van der Waals surface area contributed by atoms with Crippen molar-refractivity contribution in [2.75, 3.05) is 13.1 Å². The van der Waals surface area contributed by atoms with Gasteiger partial charge in [0.05, 0.1) is 5.92 Å². The summed E-state index contributed by atoms with van der Waals surface area (Å²) in [6, 6.07) is 0. The van der Waals surface area contributed by atoms with Gasteiger partial charge in [-0.05, 0) is 38.8 Å². The van der Waals surface area contributed by atoms with Crippen molar-refractivity contribution in [1.29, 1.82) is 0 Å². The lowest BCUT2D eigenvalue weighted by Crippen LogP contribution is -2.29. The first kappa shape index (κ1) is 33.3. The number of hydrogen-bond acceptors (Lipinski definition) is 3. The summed E-state index contributed by atoms with van der Waals surface area (Å²) >= 11 is 0. The highest BCUT2D eigenvalue weighted by molar-refractivity contribution is 6.02. The van der Waals surface area contributed by atoms with Crippen molar-refractivity contribution in [1.82, 2.24) is 5.32 Å². The first-order valence-electron chi connectivity index (χ1n) is 15.4. The highest BCUT2D eigenvalue weighted by Crippen LogP contribution is 2.18. The molecule has 0 aliphatic rings. The maximum atomic E-state index is 12.9. The molecule has 202 valence electrons. The van der Waals surface area contributed by atoms with E-state index in [1.165, 1.54) is 96.3 Å². The van der Waals surface area contributed by atoms with Crippen LogP contribution in [0.1, 0.15) is 168 Å². The zero-order valence-corrected chi connectivity index (χ0v) is 23.6. The van der Waals surface area contributed by atoms with E-state index in [9.17, 15) is 9.59 Å². The number of carbonyl (C=O) groups is 2. The van der Waals surface area contributed by atoms with Crippen molar-refractivity contribution < 1.29 is 9.59 Å². The predicted octanol–water partition coefficient (Wildman–Crippen LogP) is 9.36. The molecule has 0 unspecified atom stereocenters. The molecule has 0 aromatic heterocycles. The predicted molar refractivity (Wildman–Crippen MR) is 150 cm³/mol. The highest BCUT2D eigenvalue weighted by atomic mass is 16.1. The van der Waals surface area contributed by atoms with Gasteiger partial charge in [0.2, 0.25) is 0 Å². The molecular weight excluding hydrogens is 418 g/mol. The second-order valence-corrected chi connectivity index (χ2v) is 10.5. The second-order valence-electron chi connectivity index (χ2n) is 10.5. The minimum Gasteiger partial charge on any atom is -0.317 e. The van der Waals surface area contributed by atoms with Crippen molar-refractivity contribution in [3.63, 3.8) is 0 Å². The first-order valence-corrected chi connectivity index (χ1v) is 15.4. The lowest BCUT2D eigenvalue weighted by Gasteiger charge is -2.15. The molecule has 0 atom stereocenters. The largest absolute Gasteiger partial charge is 0.317 e. The van der Waals surface area contributed by atoms with Crippen molar-refractivity contribution >= 4 is 11.6 Å². The number of unbranched alkanes of at least 4 members (excludes halogenated alkanes) is 17. The summed E-state index contributed by atoms with van der Waals surface area (Å²) in [5, 5.41) is 3.43. The van der Waals surface area contributed by atoms with Crippen LogP contribution in [0.25, 0.3) is 0 Å². The molecule has 0 saturated heterocycles. The molecule has 0 aliphatic carbocycles. The van der Waals surface area contributed by atoms with Crippen LogP contribution in [0.3, 0.4) is 0 Å². The number of nitrogens with one attached hydrogen (secondary N) is 1. The summed E-state index contributed by atoms with van der Waals surface area (Å²) in [5.41, 5.74) is 0. The van der Waals surface area contributed by atoms with Crippen LogP contribution in [0, 0.1) is 5.92 Å². The van der Waals surface area contributed by atoms with Gasteiger partial charge in [-0.15, -0.1) is 0 Å². The van der Waals surface area contributed by atoms with Crippen molar-refractivity contribution in [2.24, 2.45) is 5.92 Å². The zero-order valence-electron chi connectivity index (χ0n) is 23.6. The Balaban J connectivity index is 4.16. The van der Waals surface area contributed by atoms with E-state index in [1.807, 2.05) is 0 Å². The Bertz CT molecular complexity index is 415. The molecule has 0 spiro atoms. The Hall–Kier alpha value is -0.700. The van der Waals surface area contributed by atoms with E-state index in [1.54, 1.807) is 0 Å². The molecule has 0 radical (unpaired) electrons. The van der Waals surface area contributed by atoms with E-state index in [0.717, 1.165) is 45.2 Å². The molecule has 0 aliphatic heterocycles. The molecule has 0 saturated carbocycles. The first-order chi connectivity index (χ1) is 16.7. The Morgan fingerprint density at radius 2 is 0.824 bits per heavy atom. The van der Waals surface area contributed by atoms with Crippen molar-refractivity contribution in [3.8, 4) is 0 Å². The molecule has 3 nitrogen and oxygen atoms in total. The molecule has 0 amide bonds. The normalized spacial score (nSPS) is 11.4. The van der Waals surface area contributed by atoms with E-state index in [0.29, 0.717) is 19.3 Å². The summed E-state index contributed by atoms with van der Waals surface area (Å²) in [7, 11) is 0. The van der Waals surface area contributed by atoms with E-state index in [4.69, 9.17) is 0 Å². The van der Waals surface area contributed by atoms with E-state index in [2.05, 4.69) is 26.1 Å². The Morgan fingerprint density at radius 3 is 1.21 bits per heavy atom. The van der Waals surface area contributed by atoms with Crippen molar-refractivity contribution in [3.05, 3.63) is 0 Å². The molecule has 3 heteroatoms. The maximum Gasteiger partial charge on any atom is 0.143 e. The van der Waals surface area contributed by atoms with Gasteiger partial charge in [0, 0.05) is 12.8 Å². The average Bonchev–Trinajstić information content (AvgIpc) is 2.84. The SMILES string of the molecule is CCCCCCCCCCCC(=O)C(CCNCCCC)C(=O)CCCCCCCCCCC. The highest BCUT2D eigenvalue weighted by Gasteiger charge is 2.24. The third kappa shape index (κ3) is 21.8. The van der Waals surface area contributed by atoms with Crippen LogP contribution >= 0.6 is 0 Å². The molecule has 1 N–H and O–H groups in total. The average molecular weight is 480 g/mol. The molecule has 0 heterocycles. The van der Waals surface area contributed by atoms with Gasteiger partial charge in [-0.3, -0.25) is 9.59 Å². The van der Waals surface area contributed by atoms with E-state index >= 15 is 0 Å². The van der Waals surface area contributed by atoms with Crippen LogP contribution in [0.2, 0.25) is 0 Å². The van der Waals surface area contributed by atoms with Crippen LogP contribution in [0.5, 0.6) is 0 Å². The van der Waals surface area contributed by atoms with Crippen LogP contribution < -0.4 is 5.32 Å². The Labute approximate surface area is 214 Å². The summed E-state index contributed by atoms with van der Waals surface area (Å²) in [6.07, 6.45) is 26.9. The lowest BCUT2D eigenvalue weighted by atomic mass is 9.89. The summed E-state index contributed by atoms with van der Waals surface area (Å²) in [4.78, 5) is 25.8. The molecule has 34 heavy (non-hydrogen) atoms. The molecule has 0 aromatic rings.